The summed E-state index contributed by atoms with van der Waals surface area (Å²) in [5.74, 6) is -0.0616. The molecule has 1 aromatic carbocycles. The van der Waals surface area contributed by atoms with Crippen molar-refractivity contribution in [2.75, 3.05) is 0 Å². The first-order chi connectivity index (χ1) is 8.28. The van der Waals surface area contributed by atoms with E-state index in [1.54, 1.807) is 39.0 Å². The van der Waals surface area contributed by atoms with Crippen LogP contribution < -0.4 is 4.74 Å². The van der Waals surface area contributed by atoms with Crippen LogP contribution >= 0.6 is 23.2 Å². The Labute approximate surface area is 116 Å². The highest BCUT2D eigenvalue weighted by atomic mass is 35.5. The molecule has 0 bridgehead atoms. The van der Waals surface area contributed by atoms with Crippen LogP contribution in [0.4, 0.5) is 0 Å². The highest BCUT2D eigenvalue weighted by Crippen LogP contribution is 2.27. The Hall–Kier alpha value is -1.19. The normalized spacial score (nSPS) is 11.6. The van der Waals surface area contributed by atoms with Crippen molar-refractivity contribution in [1.82, 2.24) is 0 Å². The summed E-state index contributed by atoms with van der Waals surface area (Å²) < 4.78 is 10.3. The fourth-order valence-corrected chi connectivity index (χ4v) is 1.52. The van der Waals surface area contributed by atoms with Gasteiger partial charge in [0.1, 0.15) is 11.4 Å². The number of hydrogen-bond donors (Lipinski definition) is 0. The highest BCUT2D eigenvalue weighted by molar-refractivity contribution is 6.35. The molecule has 0 N–H and O–H groups in total. The van der Waals surface area contributed by atoms with Crippen LogP contribution in [0, 0.1) is 0 Å². The summed E-state index contributed by atoms with van der Waals surface area (Å²) in [4.78, 5) is 11.3. The minimum atomic E-state index is -0.528. The molecule has 0 atom stereocenters. The summed E-state index contributed by atoms with van der Waals surface area (Å²) in [5, 5.41) is 0.889. The SMILES string of the molecule is CC(C)(C)OC(=O)/C=C/Oc1ccc(Cl)cc1Cl. The minimum absolute atomic E-state index is 0.372. The number of ether oxygens (including phenoxy) is 2. The van der Waals surface area contributed by atoms with Gasteiger partial charge in [0.25, 0.3) is 0 Å². The number of carbonyl (C=O) groups excluding carboxylic acids is 1. The van der Waals surface area contributed by atoms with Crippen LogP contribution in [0.15, 0.2) is 30.5 Å². The monoisotopic (exact) mass is 288 g/mol. The number of esters is 1. The summed E-state index contributed by atoms with van der Waals surface area (Å²) in [6, 6.07) is 4.81. The topological polar surface area (TPSA) is 35.5 Å². The quantitative estimate of drug-likeness (QED) is 0.474. The van der Waals surface area contributed by atoms with Gasteiger partial charge in [-0.3, -0.25) is 0 Å². The van der Waals surface area contributed by atoms with Gasteiger partial charge >= 0.3 is 5.97 Å². The Bertz CT molecular complexity index is 462. The molecule has 3 nitrogen and oxygen atoms in total. The molecule has 0 heterocycles. The van der Waals surface area contributed by atoms with E-state index in [0.717, 1.165) is 0 Å². The number of benzene rings is 1. The van der Waals surface area contributed by atoms with Crippen molar-refractivity contribution in [3.05, 3.63) is 40.6 Å². The molecule has 0 aliphatic carbocycles. The summed E-state index contributed by atoms with van der Waals surface area (Å²) in [5.41, 5.74) is -0.528. The van der Waals surface area contributed by atoms with Crippen LogP contribution in [-0.4, -0.2) is 11.6 Å². The number of rotatable bonds is 3. The van der Waals surface area contributed by atoms with Gasteiger partial charge in [-0.05, 0) is 39.0 Å². The van der Waals surface area contributed by atoms with Gasteiger partial charge in [-0.15, -0.1) is 0 Å². The van der Waals surface area contributed by atoms with Crippen LogP contribution in [0.25, 0.3) is 0 Å². The number of carbonyl (C=O) groups is 1. The van der Waals surface area contributed by atoms with E-state index >= 15 is 0 Å². The van der Waals surface area contributed by atoms with Crippen molar-refractivity contribution >= 4 is 29.2 Å². The lowest BCUT2D eigenvalue weighted by Gasteiger charge is -2.17. The molecule has 0 radical (unpaired) electrons. The zero-order valence-electron chi connectivity index (χ0n) is 10.4. The van der Waals surface area contributed by atoms with E-state index in [0.29, 0.717) is 15.8 Å². The molecular formula is C13H14Cl2O3. The maximum absolute atomic E-state index is 11.3. The zero-order chi connectivity index (χ0) is 13.8. The van der Waals surface area contributed by atoms with Crippen LogP contribution in [0.1, 0.15) is 20.8 Å². The number of hydrogen-bond acceptors (Lipinski definition) is 3. The summed E-state index contributed by atoms with van der Waals surface area (Å²) >= 11 is 11.6. The molecule has 0 unspecified atom stereocenters. The molecule has 0 aliphatic rings. The standard InChI is InChI=1S/C13H14Cl2O3/c1-13(2,3)18-12(16)6-7-17-11-5-4-9(14)8-10(11)15/h4-8H,1-3H3/b7-6+. The van der Waals surface area contributed by atoms with Gasteiger partial charge in [0.15, 0.2) is 0 Å². The Kier molecular flexibility index (Phi) is 5.05. The van der Waals surface area contributed by atoms with E-state index in [4.69, 9.17) is 32.7 Å². The first-order valence-electron chi connectivity index (χ1n) is 5.29. The van der Waals surface area contributed by atoms with Crippen molar-refractivity contribution in [2.45, 2.75) is 26.4 Å². The summed E-state index contributed by atoms with van der Waals surface area (Å²) in [6.07, 6.45) is 2.42. The molecule has 0 saturated heterocycles. The van der Waals surface area contributed by atoms with Gasteiger partial charge in [0.2, 0.25) is 0 Å². The van der Waals surface area contributed by atoms with Gasteiger partial charge in [0, 0.05) is 5.02 Å². The molecule has 1 rings (SSSR count). The third kappa shape index (κ3) is 5.43. The maximum Gasteiger partial charge on any atom is 0.334 e. The average molecular weight is 289 g/mol. The second kappa shape index (κ2) is 6.12. The second-order valence-corrected chi connectivity index (χ2v) is 5.37. The molecule has 0 aromatic heterocycles. The van der Waals surface area contributed by atoms with E-state index in [2.05, 4.69) is 0 Å². The minimum Gasteiger partial charge on any atom is -0.463 e. The van der Waals surface area contributed by atoms with E-state index in [-0.39, 0.29) is 0 Å². The lowest BCUT2D eigenvalue weighted by Crippen LogP contribution is -2.22. The van der Waals surface area contributed by atoms with Gasteiger partial charge < -0.3 is 9.47 Å². The van der Waals surface area contributed by atoms with Gasteiger partial charge in [-0.25, -0.2) is 4.79 Å². The van der Waals surface area contributed by atoms with Crippen LogP contribution in [0.5, 0.6) is 5.75 Å². The van der Waals surface area contributed by atoms with E-state index in [1.165, 1.54) is 12.3 Å². The summed E-state index contributed by atoms with van der Waals surface area (Å²) in [6.45, 7) is 5.36. The average Bonchev–Trinajstić information content (AvgIpc) is 2.18. The third-order valence-corrected chi connectivity index (χ3v) is 2.23. The predicted molar refractivity (Wildman–Crippen MR) is 72.1 cm³/mol. The largest absolute Gasteiger partial charge is 0.463 e. The Morgan fingerprint density at radius 1 is 1.28 bits per heavy atom. The first kappa shape index (κ1) is 14.9. The molecular weight excluding hydrogens is 275 g/mol. The molecule has 0 fully saturated rings. The van der Waals surface area contributed by atoms with E-state index in [9.17, 15) is 4.79 Å². The van der Waals surface area contributed by atoms with Crippen LogP contribution in [0.2, 0.25) is 10.0 Å². The Balaban J connectivity index is 2.57. The van der Waals surface area contributed by atoms with E-state index < -0.39 is 11.6 Å². The Morgan fingerprint density at radius 2 is 1.94 bits per heavy atom. The third-order valence-electron chi connectivity index (χ3n) is 1.70. The van der Waals surface area contributed by atoms with Crippen LogP contribution in [0.3, 0.4) is 0 Å². The molecule has 18 heavy (non-hydrogen) atoms. The maximum atomic E-state index is 11.3. The van der Waals surface area contributed by atoms with Crippen molar-refractivity contribution < 1.29 is 14.3 Å². The lowest BCUT2D eigenvalue weighted by atomic mass is 10.2. The Morgan fingerprint density at radius 3 is 2.50 bits per heavy atom. The molecule has 0 spiro atoms. The summed E-state index contributed by atoms with van der Waals surface area (Å²) in [7, 11) is 0. The molecule has 0 saturated carbocycles. The molecule has 0 aliphatic heterocycles. The van der Waals surface area contributed by atoms with Crippen molar-refractivity contribution in [2.24, 2.45) is 0 Å². The molecule has 98 valence electrons. The molecule has 0 amide bonds. The molecule has 5 heteroatoms. The van der Waals surface area contributed by atoms with E-state index in [1.807, 2.05) is 0 Å². The van der Waals surface area contributed by atoms with Gasteiger partial charge in [0.05, 0.1) is 17.4 Å². The highest BCUT2D eigenvalue weighted by Gasteiger charge is 2.13. The van der Waals surface area contributed by atoms with Gasteiger partial charge in [-0.2, -0.15) is 0 Å². The van der Waals surface area contributed by atoms with Crippen molar-refractivity contribution in [1.29, 1.82) is 0 Å². The smallest absolute Gasteiger partial charge is 0.334 e. The predicted octanol–water partition coefficient (Wildman–Crippen LogP) is 4.23. The fourth-order valence-electron chi connectivity index (χ4n) is 1.07. The lowest BCUT2D eigenvalue weighted by molar-refractivity contribution is -0.148. The first-order valence-corrected chi connectivity index (χ1v) is 6.05. The number of halogens is 2. The fraction of sp³-hybridized carbons (Fsp3) is 0.308. The van der Waals surface area contributed by atoms with Crippen LogP contribution in [-0.2, 0) is 9.53 Å². The zero-order valence-corrected chi connectivity index (χ0v) is 11.9. The molecule has 1 aromatic rings. The van der Waals surface area contributed by atoms with Crippen molar-refractivity contribution in [3.8, 4) is 5.75 Å². The van der Waals surface area contributed by atoms with Crippen molar-refractivity contribution in [3.63, 3.8) is 0 Å². The second-order valence-electron chi connectivity index (χ2n) is 4.53. The van der Waals surface area contributed by atoms with Gasteiger partial charge in [-0.1, -0.05) is 23.2 Å².